The lowest BCUT2D eigenvalue weighted by atomic mass is 9.92. The fraction of sp³-hybridized carbons (Fsp3) is 0.500. The van der Waals surface area contributed by atoms with Gasteiger partial charge in [0.05, 0.1) is 6.10 Å². The average molecular weight is 282 g/mol. The third-order valence-corrected chi connectivity index (χ3v) is 4.03. The molecule has 3 nitrogen and oxygen atoms in total. The highest BCUT2D eigenvalue weighted by Gasteiger charge is 2.23. The summed E-state index contributed by atoms with van der Waals surface area (Å²) in [5, 5.41) is 9.57. The van der Waals surface area contributed by atoms with Crippen molar-refractivity contribution < 1.29 is 9.50 Å². The lowest BCUT2D eigenvalue weighted by Crippen LogP contribution is -2.37. The maximum atomic E-state index is 13.8. The molecule has 0 aromatic heterocycles. The van der Waals surface area contributed by atoms with Crippen molar-refractivity contribution in [3.63, 3.8) is 0 Å². The average Bonchev–Trinajstić information content (AvgIpc) is 2.38. The second-order valence-electron chi connectivity index (χ2n) is 5.09. The van der Waals surface area contributed by atoms with Crippen LogP contribution in [0.1, 0.15) is 25.3 Å². The molecule has 1 aromatic carbocycles. The number of hydrogen-bond donors (Lipinski definition) is 2. The standard InChI is InChI=1S/C14H19FN2OS/c1-9(18)10-4-6-17(7-5-10)11-2-3-12(14(16)19)13(15)8-11/h2-3,8-10,18H,4-7H2,1H3,(H2,16,19). The van der Waals surface area contributed by atoms with Gasteiger partial charge in [-0.25, -0.2) is 4.39 Å². The Morgan fingerprint density at radius 1 is 1.47 bits per heavy atom. The Morgan fingerprint density at radius 3 is 2.58 bits per heavy atom. The number of aliphatic hydroxyl groups is 1. The molecule has 0 saturated carbocycles. The zero-order chi connectivity index (χ0) is 14.0. The third kappa shape index (κ3) is 3.22. The van der Waals surface area contributed by atoms with Crippen LogP contribution in [-0.2, 0) is 0 Å². The number of nitrogens with zero attached hydrogens (tertiary/aromatic N) is 1. The summed E-state index contributed by atoms with van der Waals surface area (Å²) in [6.45, 7) is 3.50. The Kier molecular flexibility index (Phi) is 4.37. The van der Waals surface area contributed by atoms with E-state index in [2.05, 4.69) is 4.90 Å². The molecule has 104 valence electrons. The molecule has 1 aliphatic rings. The first-order valence-electron chi connectivity index (χ1n) is 6.51. The van der Waals surface area contributed by atoms with Gasteiger partial charge in [0.25, 0.3) is 0 Å². The van der Waals surface area contributed by atoms with E-state index in [9.17, 15) is 9.50 Å². The molecule has 1 fully saturated rings. The van der Waals surface area contributed by atoms with Crippen LogP contribution >= 0.6 is 12.2 Å². The number of thiocarbonyl (C=S) groups is 1. The number of piperidine rings is 1. The normalized spacial score (nSPS) is 18.4. The number of hydrogen-bond acceptors (Lipinski definition) is 3. The summed E-state index contributed by atoms with van der Waals surface area (Å²) in [6, 6.07) is 4.96. The van der Waals surface area contributed by atoms with Crippen LogP contribution in [-0.4, -0.2) is 29.3 Å². The Hall–Kier alpha value is -1.20. The van der Waals surface area contributed by atoms with Crippen LogP contribution in [0.15, 0.2) is 18.2 Å². The maximum absolute atomic E-state index is 13.8. The van der Waals surface area contributed by atoms with E-state index in [0.29, 0.717) is 5.92 Å². The highest BCUT2D eigenvalue weighted by Crippen LogP contribution is 2.26. The Balaban J connectivity index is 2.08. The number of nitrogens with two attached hydrogens (primary N) is 1. The largest absolute Gasteiger partial charge is 0.393 e. The van der Waals surface area contributed by atoms with E-state index in [-0.39, 0.29) is 22.5 Å². The van der Waals surface area contributed by atoms with Gasteiger partial charge in [0.1, 0.15) is 10.8 Å². The van der Waals surface area contributed by atoms with Gasteiger partial charge in [-0.3, -0.25) is 0 Å². The van der Waals surface area contributed by atoms with Gasteiger partial charge in [0.15, 0.2) is 0 Å². The molecule has 1 heterocycles. The lowest BCUT2D eigenvalue weighted by molar-refractivity contribution is 0.110. The van der Waals surface area contributed by atoms with Crippen molar-refractivity contribution in [3.05, 3.63) is 29.6 Å². The van der Waals surface area contributed by atoms with Crippen molar-refractivity contribution in [2.45, 2.75) is 25.9 Å². The molecule has 5 heteroatoms. The summed E-state index contributed by atoms with van der Waals surface area (Å²) in [6.07, 6.45) is 1.59. The third-order valence-electron chi connectivity index (χ3n) is 3.81. The van der Waals surface area contributed by atoms with Crippen molar-refractivity contribution in [2.24, 2.45) is 11.7 Å². The molecule has 1 unspecified atom stereocenters. The number of aliphatic hydroxyl groups excluding tert-OH is 1. The molecule has 3 N–H and O–H groups in total. The van der Waals surface area contributed by atoms with Gasteiger partial charge < -0.3 is 15.7 Å². The van der Waals surface area contributed by atoms with Gasteiger partial charge in [0, 0.05) is 24.3 Å². The van der Waals surface area contributed by atoms with Crippen molar-refractivity contribution in [1.82, 2.24) is 0 Å². The summed E-state index contributed by atoms with van der Waals surface area (Å²) in [7, 11) is 0. The van der Waals surface area contributed by atoms with Crippen LogP contribution in [0.5, 0.6) is 0 Å². The minimum absolute atomic E-state index is 0.0804. The van der Waals surface area contributed by atoms with E-state index in [0.717, 1.165) is 31.6 Å². The zero-order valence-electron chi connectivity index (χ0n) is 11.0. The molecule has 0 bridgehead atoms. The topological polar surface area (TPSA) is 49.5 Å². The zero-order valence-corrected chi connectivity index (χ0v) is 11.8. The van der Waals surface area contributed by atoms with Crippen LogP contribution < -0.4 is 10.6 Å². The Labute approximate surface area is 118 Å². The van der Waals surface area contributed by atoms with Crippen molar-refractivity contribution >= 4 is 22.9 Å². The quantitative estimate of drug-likeness (QED) is 0.833. The molecular weight excluding hydrogens is 263 g/mol. The van der Waals surface area contributed by atoms with Crippen LogP contribution in [0.2, 0.25) is 0 Å². The molecule has 1 atom stereocenters. The van der Waals surface area contributed by atoms with E-state index < -0.39 is 0 Å². The number of rotatable bonds is 3. The molecule has 2 rings (SSSR count). The molecular formula is C14H19FN2OS. The lowest BCUT2D eigenvalue weighted by Gasteiger charge is -2.34. The maximum Gasteiger partial charge on any atom is 0.135 e. The molecule has 0 amide bonds. The van der Waals surface area contributed by atoms with Crippen LogP contribution in [0, 0.1) is 11.7 Å². The molecule has 0 radical (unpaired) electrons. The summed E-state index contributed by atoms with van der Waals surface area (Å²) in [5.41, 5.74) is 6.58. The molecule has 19 heavy (non-hydrogen) atoms. The fourth-order valence-corrected chi connectivity index (χ4v) is 2.71. The smallest absolute Gasteiger partial charge is 0.135 e. The van der Waals surface area contributed by atoms with E-state index in [4.69, 9.17) is 18.0 Å². The minimum atomic E-state index is -0.373. The summed E-state index contributed by atoms with van der Waals surface area (Å²) in [5.74, 6) is -0.0281. The van der Waals surface area contributed by atoms with Gasteiger partial charge >= 0.3 is 0 Å². The van der Waals surface area contributed by atoms with Gasteiger partial charge in [-0.05, 0) is 43.9 Å². The highest BCUT2D eigenvalue weighted by molar-refractivity contribution is 7.80. The van der Waals surface area contributed by atoms with E-state index in [1.165, 1.54) is 6.07 Å². The number of anilines is 1. The predicted molar refractivity (Wildman–Crippen MR) is 78.9 cm³/mol. The monoisotopic (exact) mass is 282 g/mol. The Morgan fingerprint density at radius 2 is 2.11 bits per heavy atom. The molecule has 0 aliphatic carbocycles. The second kappa shape index (κ2) is 5.84. The van der Waals surface area contributed by atoms with Crippen LogP contribution in [0.4, 0.5) is 10.1 Å². The van der Waals surface area contributed by atoms with Gasteiger partial charge in [-0.15, -0.1) is 0 Å². The van der Waals surface area contributed by atoms with Crippen LogP contribution in [0.25, 0.3) is 0 Å². The summed E-state index contributed by atoms with van der Waals surface area (Å²) in [4.78, 5) is 2.21. The number of halogens is 1. The summed E-state index contributed by atoms with van der Waals surface area (Å²) >= 11 is 4.79. The van der Waals surface area contributed by atoms with Crippen molar-refractivity contribution in [1.29, 1.82) is 0 Å². The highest BCUT2D eigenvalue weighted by atomic mass is 32.1. The second-order valence-corrected chi connectivity index (χ2v) is 5.53. The van der Waals surface area contributed by atoms with E-state index in [1.807, 2.05) is 13.0 Å². The number of benzene rings is 1. The van der Waals surface area contributed by atoms with Crippen LogP contribution in [0.3, 0.4) is 0 Å². The van der Waals surface area contributed by atoms with Gasteiger partial charge in [-0.1, -0.05) is 12.2 Å². The SMILES string of the molecule is CC(O)C1CCN(c2ccc(C(N)=S)c(F)c2)CC1. The van der Waals surface area contributed by atoms with Crippen molar-refractivity contribution in [3.8, 4) is 0 Å². The van der Waals surface area contributed by atoms with Gasteiger partial charge in [-0.2, -0.15) is 0 Å². The first-order chi connectivity index (χ1) is 8.99. The van der Waals surface area contributed by atoms with E-state index in [1.54, 1.807) is 6.07 Å². The first-order valence-corrected chi connectivity index (χ1v) is 6.92. The molecule has 1 saturated heterocycles. The Bertz CT molecular complexity index is 471. The first kappa shape index (κ1) is 14.2. The predicted octanol–water partition coefficient (Wildman–Crippen LogP) is 2.06. The molecule has 0 spiro atoms. The molecule has 1 aliphatic heterocycles. The van der Waals surface area contributed by atoms with Gasteiger partial charge in [0.2, 0.25) is 0 Å². The molecule has 1 aromatic rings. The minimum Gasteiger partial charge on any atom is -0.393 e. The van der Waals surface area contributed by atoms with E-state index >= 15 is 0 Å². The fourth-order valence-electron chi connectivity index (χ4n) is 2.54. The van der Waals surface area contributed by atoms with Crippen molar-refractivity contribution in [2.75, 3.05) is 18.0 Å². The summed E-state index contributed by atoms with van der Waals surface area (Å²) < 4.78 is 13.8.